The van der Waals surface area contributed by atoms with Crippen molar-refractivity contribution in [3.8, 4) is 0 Å². The van der Waals surface area contributed by atoms with Gasteiger partial charge in [0.05, 0.1) is 6.54 Å². The van der Waals surface area contributed by atoms with Crippen molar-refractivity contribution in [3.63, 3.8) is 0 Å². The highest BCUT2D eigenvalue weighted by atomic mass is 16.3. The van der Waals surface area contributed by atoms with Gasteiger partial charge in [-0.2, -0.15) is 0 Å². The van der Waals surface area contributed by atoms with E-state index in [9.17, 15) is 9.90 Å². The molecular formula is C18H28N2O2. The largest absolute Gasteiger partial charge is 0.396 e. The molecule has 1 saturated carbocycles. The molecule has 1 aliphatic carbocycles. The maximum atomic E-state index is 12.2. The third-order valence-corrected chi connectivity index (χ3v) is 4.60. The summed E-state index contributed by atoms with van der Waals surface area (Å²) in [6.45, 7) is 4.79. The van der Waals surface area contributed by atoms with E-state index in [2.05, 4.69) is 16.3 Å². The van der Waals surface area contributed by atoms with Crippen LogP contribution < -0.4 is 5.32 Å². The molecule has 1 fully saturated rings. The Hall–Kier alpha value is -1.39. The number of aryl methyl sites for hydroxylation is 2. The monoisotopic (exact) mass is 304 g/mol. The van der Waals surface area contributed by atoms with Gasteiger partial charge in [-0.3, -0.25) is 9.69 Å². The Morgan fingerprint density at radius 3 is 2.32 bits per heavy atom. The second-order valence-electron chi connectivity index (χ2n) is 6.70. The molecule has 0 bridgehead atoms. The number of hydrogen-bond acceptors (Lipinski definition) is 3. The molecular weight excluding hydrogens is 276 g/mol. The molecule has 0 aliphatic heterocycles. The zero-order chi connectivity index (χ0) is 16.1. The molecule has 2 N–H and O–H groups in total. The molecule has 0 saturated heterocycles. The summed E-state index contributed by atoms with van der Waals surface area (Å²) < 4.78 is 0. The van der Waals surface area contributed by atoms with Crippen molar-refractivity contribution in [1.82, 2.24) is 4.90 Å². The van der Waals surface area contributed by atoms with Gasteiger partial charge in [0, 0.05) is 18.3 Å². The van der Waals surface area contributed by atoms with Gasteiger partial charge >= 0.3 is 0 Å². The lowest BCUT2D eigenvalue weighted by atomic mass is 9.86. The van der Waals surface area contributed by atoms with Crippen molar-refractivity contribution < 1.29 is 9.90 Å². The summed E-state index contributed by atoms with van der Waals surface area (Å²) >= 11 is 0. The lowest BCUT2D eigenvalue weighted by Crippen LogP contribution is -2.40. The number of aliphatic hydroxyl groups is 1. The highest BCUT2D eigenvalue weighted by molar-refractivity contribution is 5.92. The van der Waals surface area contributed by atoms with Gasteiger partial charge in [-0.05, 0) is 75.8 Å². The normalized spacial score (nSPS) is 21.9. The quantitative estimate of drug-likeness (QED) is 0.879. The van der Waals surface area contributed by atoms with Crippen LogP contribution in [0.2, 0.25) is 0 Å². The van der Waals surface area contributed by atoms with Gasteiger partial charge in [0.25, 0.3) is 0 Å². The molecule has 0 radical (unpaired) electrons. The number of nitrogens with one attached hydrogen (secondary N) is 1. The van der Waals surface area contributed by atoms with Gasteiger partial charge in [0.2, 0.25) is 5.91 Å². The fraction of sp³-hybridized carbons (Fsp3) is 0.611. The zero-order valence-electron chi connectivity index (χ0n) is 13.9. The fourth-order valence-corrected chi connectivity index (χ4v) is 3.37. The Balaban J connectivity index is 1.83. The lowest BCUT2D eigenvalue weighted by molar-refractivity contribution is -0.117. The number of benzene rings is 1. The second kappa shape index (κ2) is 7.75. The molecule has 1 aromatic rings. The van der Waals surface area contributed by atoms with E-state index in [1.165, 1.54) is 0 Å². The number of likely N-dealkylation sites (N-methyl/N-ethyl adjacent to an activating group) is 1. The zero-order valence-corrected chi connectivity index (χ0v) is 13.9. The van der Waals surface area contributed by atoms with Gasteiger partial charge < -0.3 is 10.4 Å². The van der Waals surface area contributed by atoms with Gasteiger partial charge in [0.1, 0.15) is 0 Å². The van der Waals surface area contributed by atoms with E-state index in [1.54, 1.807) is 0 Å². The maximum Gasteiger partial charge on any atom is 0.238 e. The van der Waals surface area contributed by atoms with E-state index in [0.717, 1.165) is 42.5 Å². The van der Waals surface area contributed by atoms with Crippen molar-refractivity contribution >= 4 is 11.6 Å². The number of anilines is 1. The second-order valence-corrected chi connectivity index (χ2v) is 6.70. The summed E-state index contributed by atoms with van der Waals surface area (Å²) in [5.41, 5.74) is 3.19. The van der Waals surface area contributed by atoms with Crippen LogP contribution in [0.25, 0.3) is 0 Å². The molecule has 0 spiro atoms. The highest BCUT2D eigenvalue weighted by Gasteiger charge is 2.24. The van der Waals surface area contributed by atoms with Crippen LogP contribution in [0.5, 0.6) is 0 Å². The van der Waals surface area contributed by atoms with Crippen molar-refractivity contribution in [2.45, 2.75) is 45.6 Å². The minimum atomic E-state index is 0.0387. The average molecular weight is 304 g/mol. The first kappa shape index (κ1) is 17.0. The molecule has 2 rings (SSSR count). The molecule has 0 atom stereocenters. The Kier molecular flexibility index (Phi) is 5.98. The fourth-order valence-electron chi connectivity index (χ4n) is 3.37. The van der Waals surface area contributed by atoms with E-state index in [0.29, 0.717) is 25.1 Å². The van der Waals surface area contributed by atoms with Gasteiger partial charge in [0.15, 0.2) is 0 Å². The van der Waals surface area contributed by atoms with Crippen molar-refractivity contribution in [1.29, 1.82) is 0 Å². The average Bonchev–Trinajstić information content (AvgIpc) is 2.46. The minimum absolute atomic E-state index is 0.0387. The number of hydrogen-bond donors (Lipinski definition) is 2. The predicted octanol–water partition coefficient (Wildman–Crippen LogP) is 2.72. The summed E-state index contributed by atoms with van der Waals surface area (Å²) in [6.07, 6.45) is 4.26. The Morgan fingerprint density at radius 2 is 1.77 bits per heavy atom. The van der Waals surface area contributed by atoms with Crippen molar-refractivity contribution in [3.05, 3.63) is 29.3 Å². The minimum Gasteiger partial charge on any atom is -0.396 e. The third kappa shape index (κ3) is 4.82. The number of nitrogens with zero attached hydrogens (tertiary/aromatic N) is 1. The molecule has 122 valence electrons. The third-order valence-electron chi connectivity index (χ3n) is 4.60. The Labute approximate surface area is 133 Å². The van der Waals surface area contributed by atoms with Crippen LogP contribution in [0, 0.1) is 19.8 Å². The summed E-state index contributed by atoms with van der Waals surface area (Å²) in [5.74, 6) is 0.491. The summed E-state index contributed by atoms with van der Waals surface area (Å²) in [4.78, 5) is 14.4. The van der Waals surface area contributed by atoms with Gasteiger partial charge in [-0.25, -0.2) is 0 Å². The molecule has 4 nitrogen and oxygen atoms in total. The van der Waals surface area contributed by atoms with E-state index in [1.807, 2.05) is 33.0 Å². The molecule has 0 heterocycles. The first-order valence-electron chi connectivity index (χ1n) is 8.17. The van der Waals surface area contributed by atoms with Crippen LogP contribution >= 0.6 is 0 Å². The Bertz CT molecular complexity index is 488. The summed E-state index contributed by atoms with van der Waals surface area (Å²) in [7, 11) is 2.02. The number of rotatable bonds is 5. The van der Waals surface area contributed by atoms with E-state index in [4.69, 9.17) is 0 Å². The van der Waals surface area contributed by atoms with E-state index in [-0.39, 0.29) is 5.91 Å². The molecule has 1 aromatic carbocycles. The van der Waals surface area contributed by atoms with E-state index < -0.39 is 0 Å². The first-order valence-corrected chi connectivity index (χ1v) is 8.17. The molecule has 0 unspecified atom stereocenters. The summed E-state index contributed by atoms with van der Waals surface area (Å²) in [5, 5.41) is 12.2. The molecule has 4 heteroatoms. The maximum absolute atomic E-state index is 12.2. The van der Waals surface area contributed by atoms with Crippen molar-refractivity contribution in [2.75, 3.05) is 25.5 Å². The van der Waals surface area contributed by atoms with Crippen molar-refractivity contribution in [2.24, 2.45) is 5.92 Å². The van der Waals surface area contributed by atoms with Crippen LogP contribution in [0.1, 0.15) is 36.8 Å². The van der Waals surface area contributed by atoms with Crippen LogP contribution in [0.3, 0.4) is 0 Å². The van der Waals surface area contributed by atoms with Gasteiger partial charge in [-0.1, -0.05) is 6.07 Å². The molecule has 22 heavy (non-hydrogen) atoms. The number of aliphatic hydroxyl groups excluding tert-OH is 1. The number of carbonyl (C=O) groups excluding carboxylic acids is 1. The van der Waals surface area contributed by atoms with Crippen LogP contribution in [-0.2, 0) is 4.79 Å². The number of carbonyl (C=O) groups is 1. The molecule has 1 aliphatic rings. The van der Waals surface area contributed by atoms with Crippen LogP contribution in [0.4, 0.5) is 5.69 Å². The molecule has 1 amide bonds. The lowest BCUT2D eigenvalue weighted by Gasteiger charge is -2.33. The number of amides is 1. The smallest absolute Gasteiger partial charge is 0.238 e. The first-order chi connectivity index (χ1) is 10.5. The van der Waals surface area contributed by atoms with Crippen LogP contribution in [-0.4, -0.2) is 42.2 Å². The molecule has 0 aromatic heterocycles. The Morgan fingerprint density at radius 1 is 1.18 bits per heavy atom. The SMILES string of the molecule is Cc1cc(C)cc(NC(=O)CN(C)C2CCC(CO)CC2)c1. The standard InChI is InChI=1S/C18H28N2O2/c1-13-8-14(2)10-16(9-13)19-18(22)11-20(3)17-6-4-15(12-21)5-7-17/h8-10,15,17,21H,4-7,11-12H2,1-3H3,(H,19,22). The van der Waals surface area contributed by atoms with Gasteiger partial charge in [-0.15, -0.1) is 0 Å². The predicted molar refractivity (Wildman–Crippen MR) is 90.0 cm³/mol. The highest BCUT2D eigenvalue weighted by Crippen LogP contribution is 2.26. The topological polar surface area (TPSA) is 52.6 Å². The van der Waals surface area contributed by atoms with Crippen LogP contribution in [0.15, 0.2) is 18.2 Å². The summed E-state index contributed by atoms with van der Waals surface area (Å²) in [6, 6.07) is 6.55. The van der Waals surface area contributed by atoms with E-state index >= 15 is 0 Å².